The average Bonchev–Trinajstić information content (AvgIpc) is 3.33. The Kier molecular flexibility index (Phi) is 6.21. The molecule has 0 saturated carbocycles. The molecule has 0 radical (unpaired) electrons. The van der Waals surface area contributed by atoms with Gasteiger partial charge in [-0.1, -0.05) is 12.1 Å². The number of carbonyl (C=O) groups excluding carboxylic acids is 1. The largest absolute Gasteiger partial charge is 0.376 e. The Morgan fingerprint density at radius 3 is 2.20 bits per heavy atom. The molecule has 2 atom stereocenters. The van der Waals surface area contributed by atoms with Gasteiger partial charge in [-0.15, -0.1) is 0 Å². The Balaban J connectivity index is 1.63. The molecule has 3 rings (SSSR count). The third-order valence-corrected chi connectivity index (χ3v) is 4.67. The first kappa shape index (κ1) is 17.7. The van der Waals surface area contributed by atoms with Crippen LogP contribution >= 0.6 is 0 Å². The zero-order valence-corrected chi connectivity index (χ0v) is 14.4. The van der Waals surface area contributed by atoms with Crippen LogP contribution in [0.2, 0.25) is 0 Å². The maximum absolute atomic E-state index is 12.7. The lowest BCUT2D eigenvalue weighted by atomic mass is 10.1. The molecule has 2 saturated heterocycles. The van der Waals surface area contributed by atoms with E-state index >= 15 is 0 Å². The van der Waals surface area contributed by atoms with Crippen LogP contribution in [0.25, 0.3) is 6.08 Å². The molecule has 0 bridgehead atoms. The summed E-state index contributed by atoms with van der Waals surface area (Å²) in [6.07, 6.45) is 7.81. The van der Waals surface area contributed by atoms with Gasteiger partial charge in [0.05, 0.1) is 23.8 Å². The van der Waals surface area contributed by atoms with Crippen molar-refractivity contribution in [1.82, 2.24) is 4.90 Å². The predicted octanol–water partition coefficient (Wildman–Crippen LogP) is 2.76. The summed E-state index contributed by atoms with van der Waals surface area (Å²) in [4.78, 5) is 14.5. The zero-order valence-electron chi connectivity index (χ0n) is 14.4. The van der Waals surface area contributed by atoms with Crippen LogP contribution < -0.4 is 0 Å². The van der Waals surface area contributed by atoms with Crippen LogP contribution in [-0.4, -0.2) is 49.3 Å². The number of nitrogens with zero attached hydrogens (tertiary/aromatic N) is 2. The van der Waals surface area contributed by atoms with Gasteiger partial charge in [-0.2, -0.15) is 5.26 Å². The number of amides is 1. The first-order valence-corrected chi connectivity index (χ1v) is 8.95. The highest BCUT2D eigenvalue weighted by Gasteiger charge is 2.25. The minimum absolute atomic E-state index is 0.0182. The summed E-state index contributed by atoms with van der Waals surface area (Å²) in [5, 5.41) is 8.84. The Labute approximate surface area is 148 Å². The van der Waals surface area contributed by atoms with Gasteiger partial charge < -0.3 is 14.4 Å². The summed E-state index contributed by atoms with van der Waals surface area (Å²) < 4.78 is 11.4. The fourth-order valence-corrected chi connectivity index (χ4v) is 3.26. The molecule has 2 heterocycles. The molecule has 2 aliphatic rings. The Morgan fingerprint density at radius 1 is 1.12 bits per heavy atom. The first-order valence-electron chi connectivity index (χ1n) is 8.95. The molecule has 5 heteroatoms. The highest BCUT2D eigenvalue weighted by atomic mass is 16.5. The van der Waals surface area contributed by atoms with Crippen molar-refractivity contribution in [3.05, 3.63) is 41.5 Å². The summed E-state index contributed by atoms with van der Waals surface area (Å²) in [7, 11) is 0. The maximum Gasteiger partial charge on any atom is 0.246 e. The normalized spacial score (nSPS) is 23.0. The van der Waals surface area contributed by atoms with Gasteiger partial charge in [-0.3, -0.25) is 4.79 Å². The number of hydrogen-bond donors (Lipinski definition) is 0. The van der Waals surface area contributed by atoms with Gasteiger partial charge in [0.25, 0.3) is 0 Å². The number of benzene rings is 1. The second kappa shape index (κ2) is 8.80. The average molecular weight is 340 g/mol. The molecular weight excluding hydrogens is 316 g/mol. The first-order chi connectivity index (χ1) is 12.2. The summed E-state index contributed by atoms with van der Waals surface area (Å²) in [5.74, 6) is -0.0182. The monoisotopic (exact) mass is 340 g/mol. The summed E-state index contributed by atoms with van der Waals surface area (Å²) in [6.45, 7) is 2.81. The van der Waals surface area contributed by atoms with Crippen LogP contribution in [0.5, 0.6) is 0 Å². The molecule has 0 N–H and O–H groups in total. The highest BCUT2D eigenvalue weighted by Crippen LogP contribution is 2.18. The molecule has 1 aromatic rings. The number of nitriles is 1. The van der Waals surface area contributed by atoms with E-state index in [0.29, 0.717) is 18.7 Å². The lowest BCUT2D eigenvalue weighted by molar-refractivity contribution is -0.129. The van der Waals surface area contributed by atoms with E-state index < -0.39 is 0 Å². The SMILES string of the molecule is N#Cc1ccc(/C=C/C(=O)N(C[C@H]2CCCO2)C[C@@H]2CCCO2)cc1. The minimum Gasteiger partial charge on any atom is -0.376 e. The Bertz CT molecular complexity index is 618. The number of ether oxygens (including phenoxy) is 2. The van der Waals surface area contributed by atoms with Gasteiger partial charge in [0.2, 0.25) is 5.91 Å². The van der Waals surface area contributed by atoms with Gasteiger partial charge in [-0.25, -0.2) is 0 Å². The molecule has 132 valence electrons. The summed E-state index contributed by atoms with van der Waals surface area (Å²) >= 11 is 0. The number of carbonyl (C=O) groups is 1. The van der Waals surface area contributed by atoms with E-state index in [-0.39, 0.29) is 18.1 Å². The van der Waals surface area contributed by atoms with Crippen LogP contribution in [0.3, 0.4) is 0 Å². The minimum atomic E-state index is -0.0182. The molecule has 2 fully saturated rings. The Hall–Kier alpha value is -2.16. The van der Waals surface area contributed by atoms with Crippen molar-refractivity contribution in [2.75, 3.05) is 26.3 Å². The van der Waals surface area contributed by atoms with Crippen molar-refractivity contribution in [2.45, 2.75) is 37.9 Å². The second-order valence-corrected chi connectivity index (χ2v) is 6.58. The van der Waals surface area contributed by atoms with Crippen molar-refractivity contribution in [2.24, 2.45) is 0 Å². The van der Waals surface area contributed by atoms with Crippen LogP contribution in [0, 0.1) is 11.3 Å². The quantitative estimate of drug-likeness (QED) is 0.747. The van der Waals surface area contributed by atoms with E-state index in [1.165, 1.54) is 0 Å². The van der Waals surface area contributed by atoms with Crippen molar-refractivity contribution in [1.29, 1.82) is 5.26 Å². The third kappa shape index (κ3) is 5.15. The molecule has 0 aliphatic carbocycles. The third-order valence-electron chi connectivity index (χ3n) is 4.67. The summed E-state index contributed by atoms with van der Waals surface area (Å²) in [6, 6.07) is 9.27. The van der Waals surface area contributed by atoms with E-state index in [1.54, 1.807) is 24.3 Å². The van der Waals surface area contributed by atoms with Crippen LogP contribution in [-0.2, 0) is 14.3 Å². The number of rotatable bonds is 6. The molecule has 1 amide bonds. The number of hydrogen-bond acceptors (Lipinski definition) is 4. The van der Waals surface area contributed by atoms with E-state index in [1.807, 2.05) is 17.0 Å². The topological polar surface area (TPSA) is 62.6 Å². The molecule has 5 nitrogen and oxygen atoms in total. The lowest BCUT2D eigenvalue weighted by Crippen LogP contribution is -2.41. The lowest BCUT2D eigenvalue weighted by Gasteiger charge is -2.26. The van der Waals surface area contributed by atoms with E-state index in [2.05, 4.69) is 6.07 Å². The van der Waals surface area contributed by atoms with Gasteiger partial charge in [0.1, 0.15) is 0 Å². The molecule has 2 aliphatic heterocycles. The molecule has 0 spiro atoms. The standard InChI is InChI=1S/C20H24N2O3/c21-13-17-7-5-16(6-8-17)9-10-20(23)22(14-18-3-1-11-24-18)15-19-4-2-12-25-19/h5-10,18-19H,1-4,11-12,14-15H2/b10-9+/t18-,19+. The highest BCUT2D eigenvalue weighted by molar-refractivity contribution is 5.91. The molecule has 0 aromatic heterocycles. The van der Waals surface area contributed by atoms with Crippen molar-refractivity contribution >= 4 is 12.0 Å². The van der Waals surface area contributed by atoms with Gasteiger partial charge in [-0.05, 0) is 49.5 Å². The molecule has 1 aromatic carbocycles. The smallest absolute Gasteiger partial charge is 0.246 e. The fraction of sp³-hybridized carbons (Fsp3) is 0.500. The van der Waals surface area contributed by atoms with Crippen molar-refractivity contribution < 1.29 is 14.3 Å². The molecule has 0 unspecified atom stereocenters. The van der Waals surface area contributed by atoms with Crippen molar-refractivity contribution in [3.8, 4) is 6.07 Å². The van der Waals surface area contributed by atoms with Crippen LogP contribution in [0.15, 0.2) is 30.3 Å². The Morgan fingerprint density at radius 2 is 1.72 bits per heavy atom. The van der Waals surface area contributed by atoms with Crippen LogP contribution in [0.4, 0.5) is 0 Å². The van der Waals surface area contributed by atoms with Crippen LogP contribution in [0.1, 0.15) is 36.8 Å². The zero-order chi connectivity index (χ0) is 17.5. The maximum atomic E-state index is 12.7. The van der Waals surface area contributed by atoms with E-state index in [9.17, 15) is 4.79 Å². The predicted molar refractivity (Wildman–Crippen MR) is 94.7 cm³/mol. The van der Waals surface area contributed by atoms with Gasteiger partial charge >= 0.3 is 0 Å². The summed E-state index contributed by atoms with van der Waals surface area (Å²) in [5.41, 5.74) is 1.52. The van der Waals surface area contributed by atoms with Crippen molar-refractivity contribution in [3.63, 3.8) is 0 Å². The second-order valence-electron chi connectivity index (χ2n) is 6.58. The fourth-order valence-electron chi connectivity index (χ4n) is 3.26. The van der Waals surface area contributed by atoms with Gasteiger partial charge in [0, 0.05) is 32.4 Å². The van der Waals surface area contributed by atoms with Gasteiger partial charge in [0.15, 0.2) is 0 Å². The van der Waals surface area contributed by atoms with E-state index in [0.717, 1.165) is 44.5 Å². The molecule has 25 heavy (non-hydrogen) atoms. The van der Waals surface area contributed by atoms with E-state index in [4.69, 9.17) is 14.7 Å². The molecular formula is C20H24N2O3.